The van der Waals surface area contributed by atoms with Gasteiger partial charge in [-0.3, -0.25) is 0 Å². The number of para-hydroxylation sites is 1. The van der Waals surface area contributed by atoms with Gasteiger partial charge < -0.3 is 19.8 Å². The zero-order valence-electron chi connectivity index (χ0n) is 13.8. The number of aliphatic imine (C=N–C) groups is 1. The lowest BCUT2D eigenvalue weighted by Crippen LogP contribution is -2.41. The van der Waals surface area contributed by atoms with Crippen LogP contribution < -0.4 is 15.4 Å². The molecule has 5 nitrogen and oxygen atoms in total. The summed E-state index contributed by atoms with van der Waals surface area (Å²) in [6.07, 6.45) is 1.41. The highest BCUT2D eigenvalue weighted by Gasteiger charge is 2.09. The summed E-state index contributed by atoms with van der Waals surface area (Å²) in [5.41, 5.74) is 0. The number of halogens is 2. The van der Waals surface area contributed by atoms with E-state index in [2.05, 4.69) is 15.6 Å². The molecule has 0 radical (unpaired) electrons. The number of furan rings is 1. The summed E-state index contributed by atoms with van der Waals surface area (Å²) >= 11 is 0. The van der Waals surface area contributed by atoms with Crippen LogP contribution in [0.3, 0.4) is 0 Å². The Balaban J connectivity index is 0.00000288. The summed E-state index contributed by atoms with van der Waals surface area (Å²) in [4.78, 5) is 4.42. The Kier molecular flexibility index (Phi) is 9.21. The fraction of sp³-hybridized carbons (Fsp3) is 0.353. The standard InChI is InChI=1S/C17H22FN3O2.HI/c1-3-19-17(21-12-14-7-6-10-22-14)20-11-13(2)23-16-9-5-4-8-15(16)18;/h4-10,13H,3,11-12H2,1-2H3,(H2,19,20,21);1H. The predicted octanol–water partition coefficient (Wildman–Crippen LogP) is 3.56. The molecule has 132 valence electrons. The predicted molar refractivity (Wildman–Crippen MR) is 103 cm³/mol. The summed E-state index contributed by atoms with van der Waals surface area (Å²) in [6, 6.07) is 10.1. The van der Waals surface area contributed by atoms with Crippen LogP contribution in [0.4, 0.5) is 4.39 Å². The molecule has 0 saturated carbocycles. The Labute approximate surface area is 158 Å². The molecule has 0 aliphatic rings. The Morgan fingerprint density at radius 1 is 1.25 bits per heavy atom. The molecular weight excluding hydrogens is 424 g/mol. The third-order valence-corrected chi connectivity index (χ3v) is 3.04. The second kappa shape index (κ2) is 10.9. The smallest absolute Gasteiger partial charge is 0.191 e. The lowest BCUT2D eigenvalue weighted by molar-refractivity contribution is 0.214. The zero-order chi connectivity index (χ0) is 16.5. The third-order valence-electron chi connectivity index (χ3n) is 3.04. The van der Waals surface area contributed by atoms with Crippen molar-refractivity contribution in [2.24, 2.45) is 4.99 Å². The molecule has 0 aliphatic heterocycles. The third kappa shape index (κ3) is 6.77. The molecule has 0 saturated heterocycles. The molecular formula is C17H23FIN3O2. The molecule has 0 spiro atoms. The molecule has 1 heterocycles. The molecule has 0 bridgehead atoms. The van der Waals surface area contributed by atoms with Crippen molar-refractivity contribution in [3.8, 4) is 5.75 Å². The van der Waals surface area contributed by atoms with Gasteiger partial charge in [-0.2, -0.15) is 0 Å². The number of hydrogen-bond acceptors (Lipinski definition) is 3. The minimum absolute atomic E-state index is 0. The minimum Gasteiger partial charge on any atom is -0.486 e. The summed E-state index contributed by atoms with van der Waals surface area (Å²) in [5.74, 6) is 1.34. The van der Waals surface area contributed by atoms with Crippen molar-refractivity contribution in [1.29, 1.82) is 0 Å². The van der Waals surface area contributed by atoms with Gasteiger partial charge in [0.25, 0.3) is 0 Å². The molecule has 0 aliphatic carbocycles. The van der Waals surface area contributed by atoms with Gasteiger partial charge in [0, 0.05) is 6.54 Å². The van der Waals surface area contributed by atoms with E-state index < -0.39 is 0 Å². The quantitative estimate of drug-likeness (QED) is 0.387. The van der Waals surface area contributed by atoms with E-state index in [1.165, 1.54) is 6.07 Å². The maximum Gasteiger partial charge on any atom is 0.191 e. The number of rotatable bonds is 7. The Hall–Kier alpha value is -1.77. The molecule has 24 heavy (non-hydrogen) atoms. The van der Waals surface area contributed by atoms with E-state index in [-0.39, 0.29) is 41.6 Å². The SMILES string of the molecule is CCNC(=NCc1ccco1)NCC(C)Oc1ccccc1F.I. The van der Waals surface area contributed by atoms with E-state index in [0.29, 0.717) is 19.0 Å². The number of guanidine groups is 1. The van der Waals surface area contributed by atoms with E-state index in [1.807, 2.05) is 26.0 Å². The lowest BCUT2D eigenvalue weighted by Gasteiger charge is -2.17. The molecule has 2 rings (SSSR count). The topological polar surface area (TPSA) is 58.8 Å². The molecule has 1 aromatic carbocycles. The molecule has 1 aromatic heterocycles. The van der Waals surface area contributed by atoms with Crippen molar-refractivity contribution in [1.82, 2.24) is 10.6 Å². The fourth-order valence-corrected chi connectivity index (χ4v) is 1.94. The van der Waals surface area contributed by atoms with Crippen LogP contribution in [-0.2, 0) is 6.54 Å². The van der Waals surface area contributed by atoms with Crippen LogP contribution in [0.25, 0.3) is 0 Å². The molecule has 1 atom stereocenters. The van der Waals surface area contributed by atoms with Gasteiger partial charge in [0.15, 0.2) is 17.5 Å². The number of hydrogen-bond donors (Lipinski definition) is 2. The van der Waals surface area contributed by atoms with Crippen LogP contribution in [0.2, 0.25) is 0 Å². The van der Waals surface area contributed by atoms with E-state index in [1.54, 1.807) is 24.5 Å². The van der Waals surface area contributed by atoms with Crippen LogP contribution in [0.5, 0.6) is 5.75 Å². The number of benzene rings is 1. The van der Waals surface area contributed by atoms with Crippen molar-refractivity contribution >= 4 is 29.9 Å². The van der Waals surface area contributed by atoms with Crippen LogP contribution >= 0.6 is 24.0 Å². The zero-order valence-corrected chi connectivity index (χ0v) is 16.1. The number of ether oxygens (including phenoxy) is 1. The summed E-state index contributed by atoms with van der Waals surface area (Å²) < 4.78 is 24.4. The number of nitrogens with zero attached hydrogens (tertiary/aromatic N) is 1. The Morgan fingerprint density at radius 2 is 2.04 bits per heavy atom. The average molecular weight is 447 g/mol. The van der Waals surface area contributed by atoms with E-state index in [9.17, 15) is 4.39 Å². The highest BCUT2D eigenvalue weighted by atomic mass is 127. The number of nitrogens with one attached hydrogen (secondary N) is 2. The van der Waals surface area contributed by atoms with Gasteiger partial charge in [-0.15, -0.1) is 24.0 Å². The van der Waals surface area contributed by atoms with Gasteiger partial charge in [-0.25, -0.2) is 9.38 Å². The van der Waals surface area contributed by atoms with Crippen LogP contribution in [0.1, 0.15) is 19.6 Å². The maximum atomic E-state index is 13.6. The molecule has 2 N–H and O–H groups in total. The average Bonchev–Trinajstić information content (AvgIpc) is 3.06. The minimum atomic E-state index is -0.363. The van der Waals surface area contributed by atoms with Gasteiger partial charge in [0.2, 0.25) is 0 Å². The van der Waals surface area contributed by atoms with Crippen LogP contribution in [-0.4, -0.2) is 25.2 Å². The Morgan fingerprint density at radius 3 is 2.71 bits per heavy atom. The van der Waals surface area contributed by atoms with Crippen molar-refractivity contribution in [3.05, 3.63) is 54.2 Å². The largest absolute Gasteiger partial charge is 0.486 e. The van der Waals surface area contributed by atoms with Crippen molar-refractivity contribution < 1.29 is 13.5 Å². The second-order valence-corrected chi connectivity index (χ2v) is 5.01. The van der Waals surface area contributed by atoms with Crippen molar-refractivity contribution in [2.75, 3.05) is 13.1 Å². The molecule has 2 aromatic rings. The Bertz CT molecular complexity index is 620. The van der Waals surface area contributed by atoms with Crippen molar-refractivity contribution in [2.45, 2.75) is 26.5 Å². The van der Waals surface area contributed by atoms with Crippen LogP contribution in [0, 0.1) is 5.82 Å². The van der Waals surface area contributed by atoms with Gasteiger partial charge in [-0.05, 0) is 38.1 Å². The second-order valence-electron chi connectivity index (χ2n) is 5.01. The summed E-state index contributed by atoms with van der Waals surface area (Å²) in [6.45, 7) is 5.55. The highest BCUT2D eigenvalue weighted by Crippen LogP contribution is 2.16. The van der Waals surface area contributed by atoms with Gasteiger partial charge in [0.05, 0.1) is 12.8 Å². The van der Waals surface area contributed by atoms with Crippen LogP contribution in [0.15, 0.2) is 52.1 Å². The normalized spacial score (nSPS) is 12.2. The van der Waals surface area contributed by atoms with E-state index in [4.69, 9.17) is 9.15 Å². The first-order chi connectivity index (χ1) is 11.2. The van der Waals surface area contributed by atoms with Crippen molar-refractivity contribution in [3.63, 3.8) is 0 Å². The van der Waals surface area contributed by atoms with Gasteiger partial charge >= 0.3 is 0 Å². The molecule has 0 fully saturated rings. The first-order valence-electron chi connectivity index (χ1n) is 7.64. The molecule has 1 unspecified atom stereocenters. The van der Waals surface area contributed by atoms with E-state index in [0.717, 1.165) is 12.3 Å². The first kappa shape index (κ1) is 20.3. The fourth-order valence-electron chi connectivity index (χ4n) is 1.94. The lowest BCUT2D eigenvalue weighted by atomic mass is 10.3. The highest BCUT2D eigenvalue weighted by molar-refractivity contribution is 14.0. The molecule has 0 amide bonds. The van der Waals surface area contributed by atoms with E-state index >= 15 is 0 Å². The summed E-state index contributed by atoms with van der Waals surface area (Å²) in [7, 11) is 0. The molecule has 7 heteroatoms. The summed E-state index contributed by atoms with van der Waals surface area (Å²) in [5, 5.41) is 6.32. The first-order valence-corrected chi connectivity index (χ1v) is 7.64. The maximum absolute atomic E-state index is 13.6. The monoisotopic (exact) mass is 447 g/mol. The van der Waals surface area contributed by atoms with Gasteiger partial charge in [-0.1, -0.05) is 12.1 Å². The van der Waals surface area contributed by atoms with Gasteiger partial charge in [0.1, 0.15) is 18.4 Å².